The monoisotopic (exact) mass is 268 g/mol. The fraction of sp³-hybridized carbons (Fsp3) is 0.583. The Kier molecular flexibility index (Phi) is 3.29. The molecule has 0 bridgehead atoms. The van der Waals surface area contributed by atoms with Crippen LogP contribution in [0.3, 0.4) is 0 Å². The number of anilines is 1. The number of aromatic nitrogens is 1. The van der Waals surface area contributed by atoms with Gasteiger partial charge in [-0.1, -0.05) is 15.9 Å². The third-order valence-electron chi connectivity index (χ3n) is 3.00. The number of nitrogens with zero attached hydrogens (tertiary/aromatic N) is 2. The first-order valence-electron chi connectivity index (χ1n) is 5.43. The van der Waals surface area contributed by atoms with Crippen molar-refractivity contribution in [1.29, 1.82) is 0 Å². The molecule has 0 saturated heterocycles. The highest BCUT2D eigenvalue weighted by Crippen LogP contribution is 2.34. The van der Waals surface area contributed by atoms with Crippen molar-refractivity contribution >= 4 is 21.7 Å². The van der Waals surface area contributed by atoms with Gasteiger partial charge in [-0.05, 0) is 43.4 Å². The van der Waals surface area contributed by atoms with Gasteiger partial charge in [0.2, 0.25) is 0 Å². The molecule has 15 heavy (non-hydrogen) atoms. The lowest BCUT2D eigenvalue weighted by molar-refractivity contribution is 0.338. The zero-order valence-corrected chi connectivity index (χ0v) is 10.9. The lowest BCUT2D eigenvalue weighted by Crippen LogP contribution is -2.34. The summed E-state index contributed by atoms with van der Waals surface area (Å²) in [4.78, 5) is 7.40. The van der Waals surface area contributed by atoms with Crippen molar-refractivity contribution < 1.29 is 0 Å². The van der Waals surface area contributed by atoms with Gasteiger partial charge in [0.15, 0.2) is 0 Å². The molecule has 3 heteroatoms. The van der Waals surface area contributed by atoms with E-state index >= 15 is 0 Å². The van der Waals surface area contributed by atoms with E-state index in [4.69, 9.17) is 0 Å². The fourth-order valence-corrected chi connectivity index (χ4v) is 3.07. The molecule has 0 unspecified atom stereocenters. The maximum absolute atomic E-state index is 4.38. The quantitative estimate of drug-likeness (QED) is 0.784. The SMILES string of the molecule is Cc1ccnc(N(C)CC2CC(Br)C2)c1. The molecule has 1 saturated carbocycles. The number of hydrogen-bond acceptors (Lipinski definition) is 2. The number of halogens is 1. The van der Waals surface area contributed by atoms with E-state index in [1.54, 1.807) is 0 Å². The van der Waals surface area contributed by atoms with Crippen LogP contribution < -0.4 is 4.90 Å². The van der Waals surface area contributed by atoms with Crippen molar-refractivity contribution in [2.24, 2.45) is 5.92 Å². The Balaban J connectivity index is 1.93. The summed E-state index contributed by atoms with van der Waals surface area (Å²) in [5.74, 6) is 1.93. The van der Waals surface area contributed by atoms with Crippen LogP contribution in [0.1, 0.15) is 18.4 Å². The number of aryl methyl sites for hydroxylation is 1. The maximum Gasteiger partial charge on any atom is 0.128 e. The third-order valence-corrected chi connectivity index (χ3v) is 3.75. The summed E-state index contributed by atoms with van der Waals surface area (Å²) in [6, 6.07) is 4.18. The number of rotatable bonds is 3. The van der Waals surface area contributed by atoms with Crippen molar-refractivity contribution in [3.8, 4) is 0 Å². The zero-order chi connectivity index (χ0) is 10.8. The predicted molar refractivity (Wildman–Crippen MR) is 67.7 cm³/mol. The van der Waals surface area contributed by atoms with Gasteiger partial charge in [-0.15, -0.1) is 0 Å². The molecule has 0 N–H and O–H groups in total. The first-order valence-corrected chi connectivity index (χ1v) is 6.34. The highest BCUT2D eigenvalue weighted by molar-refractivity contribution is 9.09. The summed E-state index contributed by atoms with van der Waals surface area (Å²) in [7, 11) is 2.13. The van der Waals surface area contributed by atoms with E-state index in [0.29, 0.717) is 0 Å². The Morgan fingerprint density at radius 1 is 1.53 bits per heavy atom. The summed E-state index contributed by atoms with van der Waals surface area (Å²) in [6.45, 7) is 3.23. The van der Waals surface area contributed by atoms with Crippen LogP contribution in [0, 0.1) is 12.8 Å². The normalized spacial score (nSPS) is 24.7. The van der Waals surface area contributed by atoms with Crippen molar-refractivity contribution in [2.45, 2.75) is 24.6 Å². The minimum atomic E-state index is 0.751. The lowest BCUT2D eigenvalue weighted by atomic mass is 9.85. The van der Waals surface area contributed by atoms with Crippen LogP contribution >= 0.6 is 15.9 Å². The largest absolute Gasteiger partial charge is 0.359 e. The number of alkyl halides is 1. The Morgan fingerprint density at radius 3 is 2.87 bits per heavy atom. The van der Waals surface area contributed by atoms with Crippen LogP contribution in [0.25, 0.3) is 0 Å². The smallest absolute Gasteiger partial charge is 0.128 e. The van der Waals surface area contributed by atoms with Gasteiger partial charge in [0.25, 0.3) is 0 Å². The van der Waals surface area contributed by atoms with Gasteiger partial charge in [-0.2, -0.15) is 0 Å². The van der Waals surface area contributed by atoms with E-state index in [9.17, 15) is 0 Å². The molecular formula is C12H17BrN2. The third kappa shape index (κ3) is 2.71. The fourth-order valence-electron chi connectivity index (χ4n) is 2.01. The Bertz CT molecular complexity index is 334. The summed E-state index contributed by atoms with van der Waals surface area (Å²) >= 11 is 3.62. The summed E-state index contributed by atoms with van der Waals surface area (Å²) < 4.78 is 0. The molecule has 1 aromatic heterocycles. The molecular weight excluding hydrogens is 252 g/mol. The van der Waals surface area contributed by atoms with Crippen molar-refractivity contribution in [1.82, 2.24) is 4.98 Å². The number of pyridine rings is 1. The molecule has 0 spiro atoms. The molecule has 1 aliphatic rings. The van der Waals surface area contributed by atoms with E-state index in [-0.39, 0.29) is 0 Å². The molecule has 1 aliphatic carbocycles. The minimum absolute atomic E-state index is 0.751. The van der Waals surface area contributed by atoms with Crippen LogP contribution in [0.2, 0.25) is 0 Å². The van der Waals surface area contributed by atoms with E-state index in [2.05, 4.69) is 45.9 Å². The Hall–Kier alpha value is -0.570. The average molecular weight is 269 g/mol. The zero-order valence-electron chi connectivity index (χ0n) is 9.28. The van der Waals surface area contributed by atoms with Gasteiger partial charge in [-0.3, -0.25) is 0 Å². The lowest BCUT2D eigenvalue weighted by Gasteiger charge is -2.34. The second-order valence-electron chi connectivity index (χ2n) is 4.51. The molecule has 0 radical (unpaired) electrons. The van der Waals surface area contributed by atoms with Crippen LogP contribution in [0.4, 0.5) is 5.82 Å². The standard InChI is InChI=1S/C12H17BrN2/c1-9-3-4-14-12(5-9)15(2)8-10-6-11(13)7-10/h3-5,10-11H,6-8H2,1-2H3. The van der Waals surface area contributed by atoms with Gasteiger partial charge in [0.1, 0.15) is 5.82 Å². The van der Waals surface area contributed by atoms with Gasteiger partial charge in [-0.25, -0.2) is 4.98 Å². The first kappa shape index (κ1) is 10.9. The van der Waals surface area contributed by atoms with E-state index in [1.165, 1.54) is 18.4 Å². The molecule has 1 aromatic rings. The topological polar surface area (TPSA) is 16.1 Å². The molecule has 82 valence electrons. The summed E-state index contributed by atoms with van der Waals surface area (Å²) in [5, 5.41) is 0. The Morgan fingerprint density at radius 2 is 2.27 bits per heavy atom. The molecule has 0 amide bonds. The molecule has 1 fully saturated rings. The van der Waals surface area contributed by atoms with Crippen LogP contribution in [-0.2, 0) is 0 Å². The van der Waals surface area contributed by atoms with Gasteiger partial charge in [0.05, 0.1) is 0 Å². The van der Waals surface area contributed by atoms with Gasteiger partial charge in [0, 0.05) is 24.6 Å². The Labute approximate surface area is 99.8 Å². The first-order chi connectivity index (χ1) is 7.15. The molecule has 2 nitrogen and oxygen atoms in total. The van der Waals surface area contributed by atoms with Crippen LogP contribution in [0.15, 0.2) is 18.3 Å². The average Bonchev–Trinajstić information content (AvgIpc) is 2.15. The molecule has 2 rings (SSSR count). The van der Waals surface area contributed by atoms with E-state index < -0.39 is 0 Å². The predicted octanol–water partition coefficient (Wildman–Crippen LogP) is 3.00. The summed E-state index contributed by atoms with van der Waals surface area (Å²) in [6.07, 6.45) is 4.49. The molecule has 0 aromatic carbocycles. The summed E-state index contributed by atoms with van der Waals surface area (Å²) in [5.41, 5.74) is 1.28. The highest BCUT2D eigenvalue weighted by Gasteiger charge is 2.27. The van der Waals surface area contributed by atoms with Gasteiger partial charge >= 0.3 is 0 Å². The van der Waals surface area contributed by atoms with E-state index in [0.717, 1.165) is 23.1 Å². The molecule has 0 aliphatic heterocycles. The highest BCUT2D eigenvalue weighted by atomic mass is 79.9. The van der Waals surface area contributed by atoms with Crippen molar-refractivity contribution in [3.05, 3.63) is 23.9 Å². The van der Waals surface area contributed by atoms with Crippen LogP contribution in [-0.4, -0.2) is 23.4 Å². The molecule has 0 atom stereocenters. The molecule has 1 heterocycles. The number of hydrogen-bond donors (Lipinski definition) is 0. The van der Waals surface area contributed by atoms with Crippen LogP contribution in [0.5, 0.6) is 0 Å². The minimum Gasteiger partial charge on any atom is -0.359 e. The van der Waals surface area contributed by atoms with E-state index in [1.807, 2.05) is 12.3 Å². The second-order valence-corrected chi connectivity index (χ2v) is 5.80. The van der Waals surface area contributed by atoms with Crippen molar-refractivity contribution in [2.75, 3.05) is 18.5 Å². The van der Waals surface area contributed by atoms with Crippen molar-refractivity contribution in [3.63, 3.8) is 0 Å². The second kappa shape index (κ2) is 4.52. The van der Waals surface area contributed by atoms with Gasteiger partial charge < -0.3 is 4.90 Å². The maximum atomic E-state index is 4.38.